The number of hydrogen-bond acceptors (Lipinski definition) is 6. The molecular formula is C24H17BrCl2FN5O2. The summed E-state index contributed by atoms with van der Waals surface area (Å²) in [6.07, 6.45) is -0.499. The lowest BCUT2D eigenvalue weighted by Crippen LogP contribution is -2.55. The Hall–Kier alpha value is -3.11. The number of carbonyl (C=O) groups is 1. The van der Waals surface area contributed by atoms with Gasteiger partial charge in [0, 0.05) is 25.0 Å². The van der Waals surface area contributed by atoms with Crippen molar-refractivity contribution in [2.24, 2.45) is 0 Å². The van der Waals surface area contributed by atoms with Gasteiger partial charge in [0.05, 0.1) is 33.7 Å². The van der Waals surface area contributed by atoms with Gasteiger partial charge in [-0.15, -0.1) is 0 Å². The van der Waals surface area contributed by atoms with Gasteiger partial charge in [-0.1, -0.05) is 53.5 Å². The minimum Gasteiger partial charge on any atom is -0.445 e. The van der Waals surface area contributed by atoms with Crippen LogP contribution in [0.4, 0.5) is 14.9 Å². The second-order valence-electron chi connectivity index (χ2n) is 7.82. The van der Waals surface area contributed by atoms with Gasteiger partial charge in [-0.3, -0.25) is 0 Å². The van der Waals surface area contributed by atoms with E-state index in [1.165, 1.54) is 11.0 Å². The number of carbonyl (C=O) groups excluding carboxylic acids is 1. The molecule has 35 heavy (non-hydrogen) atoms. The predicted molar refractivity (Wildman–Crippen MR) is 134 cm³/mol. The van der Waals surface area contributed by atoms with E-state index in [9.17, 15) is 19.7 Å². The number of nitriles is 2. The molecule has 0 saturated carbocycles. The third-order valence-electron chi connectivity index (χ3n) is 5.72. The maximum atomic E-state index is 14.9. The topological polar surface area (TPSA) is 93.3 Å². The van der Waals surface area contributed by atoms with Gasteiger partial charge >= 0.3 is 6.09 Å². The number of ether oxygens (including phenoxy) is 1. The van der Waals surface area contributed by atoms with Crippen LogP contribution >= 0.6 is 39.1 Å². The number of anilines is 1. The first-order valence-electron chi connectivity index (χ1n) is 10.5. The maximum Gasteiger partial charge on any atom is 0.410 e. The summed E-state index contributed by atoms with van der Waals surface area (Å²) in [4.78, 5) is 20.2. The van der Waals surface area contributed by atoms with Crippen LogP contribution in [0.25, 0.3) is 10.9 Å². The molecule has 7 nitrogen and oxygen atoms in total. The van der Waals surface area contributed by atoms with Crippen LogP contribution in [0.15, 0.2) is 40.9 Å². The van der Waals surface area contributed by atoms with E-state index < -0.39 is 18.0 Å². The Balaban J connectivity index is 1.66. The molecule has 1 aromatic heterocycles. The molecule has 1 aliphatic rings. The molecule has 0 bridgehead atoms. The summed E-state index contributed by atoms with van der Waals surface area (Å²) in [5, 5.41) is 19.5. The predicted octanol–water partition coefficient (Wildman–Crippen LogP) is 6.06. The van der Waals surface area contributed by atoms with Gasteiger partial charge in [-0.2, -0.15) is 10.5 Å². The quantitative estimate of drug-likeness (QED) is 0.277. The Bertz CT molecular complexity index is 1380. The van der Waals surface area contributed by atoms with Gasteiger partial charge in [0.15, 0.2) is 5.82 Å². The Kier molecular flexibility index (Phi) is 7.61. The summed E-state index contributed by atoms with van der Waals surface area (Å²) >= 11 is 15.6. The van der Waals surface area contributed by atoms with E-state index in [1.54, 1.807) is 4.90 Å². The molecular weight excluding hydrogens is 560 g/mol. The first-order chi connectivity index (χ1) is 16.8. The average Bonchev–Trinajstić information content (AvgIpc) is 2.86. The van der Waals surface area contributed by atoms with Crippen LogP contribution in [-0.2, 0) is 11.3 Å². The van der Waals surface area contributed by atoms with Crippen molar-refractivity contribution in [3.8, 4) is 12.1 Å². The van der Waals surface area contributed by atoms with Crippen molar-refractivity contribution < 1.29 is 13.9 Å². The van der Waals surface area contributed by atoms with Gasteiger partial charge in [0.1, 0.15) is 28.9 Å². The Morgan fingerprint density at radius 1 is 1.26 bits per heavy atom. The minimum atomic E-state index is -0.697. The molecule has 1 saturated heterocycles. The van der Waals surface area contributed by atoms with Crippen molar-refractivity contribution in [1.29, 1.82) is 10.5 Å². The third kappa shape index (κ3) is 4.99. The number of aromatic nitrogens is 1. The zero-order valence-electron chi connectivity index (χ0n) is 18.1. The summed E-state index contributed by atoms with van der Waals surface area (Å²) in [6, 6.07) is 14.4. The van der Waals surface area contributed by atoms with Crippen LogP contribution in [0.3, 0.4) is 0 Å². The standard InChI is InChI=1S/C24H17BrCl2FN5O2/c25-19-18(26)10-16-21(20(19)28)31-23(27)17(11-30)22(16)32-8-9-33(15(12-32)6-7-29)24(34)35-13-14-4-2-1-3-5-14/h1-5,10,15H,6,8-9,12-13H2. The van der Waals surface area contributed by atoms with Crippen LogP contribution in [0.5, 0.6) is 0 Å². The molecule has 178 valence electrons. The van der Waals surface area contributed by atoms with Gasteiger partial charge in [-0.25, -0.2) is 14.2 Å². The summed E-state index contributed by atoms with van der Waals surface area (Å²) in [5.74, 6) is -0.697. The monoisotopic (exact) mass is 575 g/mol. The second kappa shape index (κ2) is 10.7. The van der Waals surface area contributed by atoms with Gasteiger partial charge in [0.2, 0.25) is 0 Å². The van der Waals surface area contributed by atoms with Crippen LogP contribution < -0.4 is 4.90 Å². The highest BCUT2D eigenvalue weighted by Crippen LogP contribution is 2.40. The van der Waals surface area contributed by atoms with Crippen molar-refractivity contribution in [2.45, 2.75) is 19.1 Å². The molecule has 0 aliphatic carbocycles. The van der Waals surface area contributed by atoms with E-state index in [2.05, 4.69) is 27.0 Å². The molecule has 0 N–H and O–H groups in total. The van der Waals surface area contributed by atoms with E-state index >= 15 is 0 Å². The zero-order valence-corrected chi connectivity index (χ0v) is 21.2. The number of fused-ring (bicyclic) bond motifs is 1. The highest BCUT2D eigenvalue weighted by molar-refractivity contribution is 9.10. The third-order valence-corrected chi connectivity index (χ3v) is 7.30. The van der Waals surface area contributed by atoms with Crippen molar-refractivity contribution in [2.75, 3.05) is 24.5 Å². The number of piperazine rings is 1. The number of amides is 1. The van der Waals surface area contributed by atoms with Crippen molar-refractivity contribution in [3.05, 3.63) is 68.0 Å². The highest BCUT2D eigenvalue weighted by Gasteiger charge is 2.34. The van der Waals surface area contributed by atoms with Gasteiger partial charge in [0.25, 0.3) is 0 Å². The number of hydrogen-bond donors (Lipinski definition) is 0. The SMILES string of the molecule is N#CCC1CN(c2c(C#N)c(Cl)nc3c(F)c(Br)c(Cl)cc23)CCN1C(=O)OCc1ccccc1. The molecule has 1 aliphatic heterocycles. The van der Waals surface area contributed by atoms with E-state index in [0.717, 1.165) is 5.56 Å². The van der Waals surface area contributed by atoms with Crippen molar-refractivity contribution in [1.82, 2.24) is 9.88 Å². The van der Waals surface area contributed by atoms with Crippen LogP contribution in [0.1, 0.15) is 17.5 Å². The molecule has 0 spiro atoms. The van der Waals surface area contributed by atoms with Crippen molar-refractivity contribution in [3.63, 3.8) is 0 Å². The van der Waals surface area contributed by atoms with Crippen LogP contribution in [0, 0.1) is 28.5 Å². The van der Waals surface area contributed by atoms with E-state index in [4.69, 9.17) is 27.9 Å². The number of benzene rings is 2. The fraction of sp³-hybridized carbons (Fsp3) is 0.250. The summed E-state index contributed by atoms with van der Waals surface area (Å²) in [6.45, 7) is 0.823. The molecule has 2 aromatic carbocycles. The van der Waals surface area contributed by atoms with Crippen LogP contribution in [-0.4, -0.2) is 41.7 Å². The maximum absolute atomic E-state index is 14.9. The zero-order chi connectivity index (χ0) is 25.1. The van der Waals surface area contributed by atoms with E-state index in [-0.39, 0.29) is 51.8 Å². The normalized spacial score (nSPS) is 15.5. The van der Waals surface area contributed by atoms with E-state index in [1.807, 2.05) is 36.4 Å². The Morgan fingerprint density at radius 2 is 2.00 bits per heavy atom. The summed E-state index contributed by atoms with van der Waals surface area (Å²) in [5.41, 5.74) is 1.23. The highest BCUT2D eigenvalue weighted by atomic mass is 79.9. The molecule has 1 fully saturated rings. The summed E-state index contributed by atoms with van der Waals surface area (Å²) in [7, 11) is 0. The van der Waals surface area contributed by atoms with Gasteiger partial charge in [-0.05, 0) is 27.6 Å². The molecule has 1 atom stereocenters. The molecule has 4 rings (SSSR count). The smallest absolute Gasteiger partial charge is 0.410 e. The molecule has 3 aromatic rings. The van der Waals surface area contributed by atoms with E-state index in [0.29, 0.717) is 17.6 Å². The number of pyridine rings is 1. The Morgan fingerprint density at radius 3 is 2.69 bits per heavy atom. The number of halogens is 4. The minimum absolute atomic E-state index is 0.0379. The largest absolute Gasteiger partial charge is 0.445 e. The first-order valence-corrected chi connectivity index (χ1v) is 12.1. The second-order valence-corrected chi connectivity index (χ2v) is 9.37. The Labute approximate surface area is 219 Å². The lowest BCUT2D eigenvalue weighted by Gasteiger charge is -2.41. The molecule has 1 amide bonds. The van der Waals surface area contributed by atoms with Crippen molar-refractivity contribution >= 4 is 61.8 Å². The molecule has 1 unspecified atom stereocenters. The molecule has 2 heterocycles. The van der Waals surface area contributed by atoms with Crippen LogP contribution in [0.2, 0.25) is 10.2 Å². The number of nitrogens with zero attached hydrogens (tertiary/aromatic N) is 5. The van der Waals surface area contributed by atoms with Gasteiger partial charge < -0.3 is 14.5 Å². The number of rotatable bonds is 4. The molecule has 0 radical (unpaired) electrons. The summed E-state index contributed by atoms with van der Waals surface area (Å²) < 4.78 is 20.5. The fourth-order valence-electron chi connectivity index (χ4n) is 4.07. The molecule has 11 heteroatoms. The lowest BCUT2D eigenvalue weighted by molar-refractivity contribution is 0.0769. The average molecular weight is 577 g/mol. The fourth-order valence-corrected chi connectivity index (χ4v) is 4.78. The lowest BCUT2D eigenvalue weighted by atomic mass is 10.0. The first kappa shape index (κ1) is 25.0.